The molecule has 0 spiro atoms. The molecule has 3 aliphatic heterocycles. The minimum absolute atomic E-state index is 0.288. The summed E-state index contributed by atoms with van der Waals surface area (Å²) < 4.78 is 28.4. The predicted octanol–water partition coefficient (Wildman–Crippen LogP) is 0.375. The van der Waals surface area contributed by atoms with Crippen LogP contribution in [-0.2, 0) is 23.7 Å². The molecule has 0 aromatic rings. The first kappa shape index (κ1) is 12.8. The van der Waals surface area contributed by atoms with E-state index in [9.17, 15) is 5.11 Å². The molecule has 0 amide bonds. The minimum atomic E-state index is -1.01. The lowest BCUT2D eigenvalue weighted by Gasteiger charge is -2.47. The molecule has 3 saturated heterocycles. The SMILES string of the molecule is CC1(C)OC[C@H]2OC(O)[C@H]3OC(C)(C)O[C@H]3[C@@H]2O1. The first-order valence-electron chi connectivity index (χ1n) is 6.28. The lowest BCUT2D eigenvalue weighted by atomic mass is 9.98. The van der Waals surface area contributed by atoms with E-state index >= 15 is 0 Å². The average Bonchev–Trinajstić information content (AvgIpc) is 2.56. The zero-order valence-corrected chi connectivity index (χ0v) is 11.1. The second-order valence-electron chi connectivity index (χ2n) is 5.92. The van der Waals surface area contributed by atoms with Crippen LogP contribution in [0.25, 0.3) is 0 Å². The number of ether oxygens (including phenoxy) is 5. The molecular weight excluding hydrogens is 240 g/mol. The molecule has 3 aliphatic rings. The van der Waals surface area contributed by atoms with Crippen molar-refractivity contribution in [2.45, 2.75) is 70.0 Å². The largest absolute Gasteiger partial charge is 0.366 e. The monoisotopic (exact) mass is 260 g/mol. The van der Waals surface area contributed by atoms with Gasteiger partial charge in [-0.1, -0.05) is 0 Å². The van der Waals surface area contributed by atoms with Crippen molar-refractivity contribution in [1.29, 1.82) is 0 Å². The third-order valence-corrected chi connectivity index (χ3v) is 3.46. The van der Waals surface area contributed by atoms with Gasteiger partial charge in [0.2, 0.25) is 0 Å². The van der Waals surface area contributed by atoms with Gasteiger partial charge in [-0.25, -0.2) is 0 Å². The van der Waals surface area contributed by atoms with Crippen molar-refractivity contribution in [2.24, 2.45) is 0 Å². The molecule has 3 heterocycles. The molecule has 3 fully saturated rings. The molecular formula is C12H20O6. The summed E-state index contributed by atoms with van der Waals surface area (Å²) in [6, 6.07) is 0. The van der Waals surface area contributed by atoms with E-state index in [-0.39, 0.29) is 18.3 Å². The van der Waals surface area contributed by atoms with Crippen molar-refractivity contribution in [3.8, 4) is 0 Å². The second kappa shape index (κ2) is 3.88. The zero-order chi connectivity index (χ0) is 13.1. The Morgan fingerprint density at radius 3 is 2.22 bits per heavy atom. The van der Waals surface area contributed by atoms with Gasteiger partial charge in [-0.15, -0.1) is 0 Å². The van der Waals surface area contributed by atoms with E-state index in [1.54, 1.807) is 0 Å². The lowest BCUT2D eigenvalue weighted by Crippen LogP contribution is -2.63. The highest BCUT2D eigenvalue weighted by molar-refractivity contribution is 4.98. The highest BCUT2D eigenvalue weighted by Crippen LogP contribution is 2.41. The van der Waals surface area contributed by atoms with Crippen LogP contribution < -0.4 is 0 Å². The van der Waals surface area contributed by atoms with Crippen LogP contribution in [0, 0.1) is 0 Å². The average molecular weight is 260 g/mol. The maximum Gasteiger partial charge on any atom is 0.184 e. The van der Waals surface area contributed by atoms with E-state index in [0.29, 0.717) is 6.61 Å². The highest BCUT2D eigenvalue weighted by Gasteiger charge is 2.58. The number of aliphatic hydroxyl groups excluding tert-OH is 1. The van der Waals surface area contributed by atoms with Gasteiger partial charge in [-0.05, 0) is 27.7 Å². The van der Waals surface area contributed by atoms with E-state index in [1.165, 1.54) is 0 Å². The van der Waals surface area contributed by atoms with Crippen molar-refractivity contribution in [1.82, 2.24) is 0 Å². The van der Waals surface area contributed by atoms with Crippen molar-refractivity contribution in [3.05, 3.63) is 0 Å². The summed E-state index contributed by atoms with van der Waals surface area (Å²) in [5.41, 5.74) is 0. The van der Waals surface area contributed by atoms with Crippen molar-refractivity contribution in [3.63, 3.8) is 0 Å². The van der Waals surface area contributed by atoms with Gasteiger partial charge in [-0.2, -0.15) is 0 Å². The molecule has 0 saturated carbocycles. The van der Waals surface area contributed by atoms with Gasteiger partial charge in [0.25, 0.3) is 0 Å². The fraction of sp³-hybridized carbons (Fsp3) is 1.00. The topological polar surface area (TPSA) is 66.4 Å². The van der Waals surface area contributed by atoms with Crippen LogP contribution in [-0.4, -0.2) is 54.0 Å². The molecule has 0 aromatic carbocycles. The summed E-state index contributed by atoms with van der Waals surface area (Å²) in [6.45, 7) is 7.71. The molecule has 1 unspecified atom stereocenters. The quantitative estimate of drug-likeness (QED) is 0.679. The molecule has 5 atom stereocenters. The molecule has 6 nitrogen and oxygen atoms in total. The Bertz CT molecular complexity index is 341. The molecule has 104 valence electrons. The van der Waals surface area contributed by atoms with Crippen LogP contribution in [0.2, 0.25) is 0 Å². The summed E-state index contributed by atoms with van der Waals surface area (Å²) in [7, 11) is 0. The van der Waals surface area contributed by atoms with Gasteiger partial charge in [-0.3, -0.25) is 0 Å². The number of rotatable bonds is 0. The van der Waals surface area contributed by atoms with Gasteiger partial charge < -0.3 is 28.8 Å². The van der Waals surface area contributed by atoms with Crippen LogP contribution in [0.15, 0.2) is 0 Å². The van der Waals surface area contributed by atoms with Crippen molar-refractivity contribution in [2.75, 3.05) is 6.61 Å². The first-order chi connectivity index (χ1) is 8.27. The lowest BCUT2D eigenvalue weighted by molar-refractivity contribution is -0.365. The normalized spacial score (nSPS) is 49.5. The second-order valence-corrected chi connectivity index (χ2v) is 5.92. The van der Waals surface area contributed by atoms with Crippen LogP contribution >= 0.6 is 0 Å². The number of hydrogen-bond donors (Lipinski definition) is 1. The van der Waals surface area contributed by atoms with Crippen LogP contribution in [0.3, 0.4) is 0 Å². The Balaban J connectivity index is 1.84. The van der Waals surface area contributed by atoms with E-state index in [2.05, 4.69) is 0 Å². The van der Waals surface area contributed by atoms with Crippen LogP contribution in [0.4, 0.5) is 0 Å². The van der Waals surface area contributed by atoms with Crippen LogP contribution in [0.1, 0.15) is 27.7 Å². The molecule has 6 heteroatoms. The maximum absolute atomic E-state index is 9.94. The fourth-order valence-corrected chi connectivity index (χ4v) is 2.76. The predicted molar refractivity (Wildman–Crippen MR) is 59.6 cm³/mol. The van der Waals surface area contributed by atoms with Crippen molar-refractivity contribution < 1.29 is 28.8 Å². The summed E-state index contributed by atoms with van der Waals surface area (Å²) in [6.07, 6.45) is -2.48. The Morgan fingerprint density at radius 2 is 1.50 bits per heavy atom. The molecule has 0 aromatic heterocycles. The molecule has 0 radical (unpaired) electrons. The summed E-state index contributed by atoms with van der Waals surface area (Å²) in [5.74, 6) is -1.41. The minimum Gasteiger partial charge on any atom is -0.366 e. The number of fused-ring (bicyclic) bond motifs is 3. The smallest absolute Gasteiger partial charge is 0.184 e. The van der Waals surface area contributed by atoms with E-state index in [0.717, 1.165) is 0 Å². The fourth-order valence-electron chi connectivity index (χ4n) is 2.76. The Morgan fingerprint density at radius 1 is 0.889 bits per heavy atom. The van der Waals surface area contributed by atoms with E-state index in [4.69, 9.17) is 23.7 Å². The van der Waals surface area contributed by atoms with Gasteiger partial charge in [0, 0.05) is 0 Å². The Hall–Kier alpha value is -0.240. The standard InChI is InChI=1S/C12H20O6/c1-11(2)14-5-6-7(16-11)8-9(10(13)15-6)18-12(3,4)17-8/h6-10,13H,5H2,1-4H3/t6-,7-,8+,9+,10?/m1/s1. The summed E-state index contributed by atoms with van der Waals surface area (Å²) >= 11 is 0. The first-order valence-corrected chi connectivity index (χ1v) is 6.28. The van der Waals surface area contributed by atoms with Crippen molar-refractivity contribution >= 4 is 0 Å². The molecule has 1 N–H and O–H groups in total. The molecule has 0 aliphatic carbocycles. The molecule has 18 heavy (non-hydrogen) atoms. The van der Waals surface area contributed by atoms with E-state index < -0.39 is 24.0 Å². The van der Waals surface area contributed by atoms with Gasteiger partial charge >= 0.3 is 0 Å². The van der Waals surface area contributed by atoms with Gasteiger partial charge in [0.1, 0.15) is 24.4 Å². The molecule has 0 bridgehead atoms. The highest BCUT2D eigenvalue weighted by atomic mass is 16.8. The van der Waals surface area contributed by atoms with Gasteiger partial charge in [0.15, 0.2) is 17.9 Å². The van der Waals surface area contributed by atoms with Crippen LogP contribution in [0.5, 0.6) is 0 Å². The summed E-state index contributed by atoms with van der Waals surface area (Å²) in [5, 5.41) is 9.94. The Labute approximate surface area is 106 Å². The van der Waals surface area contributed by atoms with E-state index in [1.807, 2.05) is 27.7 Å². The maximum atomic E-state index is 9.94. The number of aliphatic hydroxyl groups is 1. The van der Waals surface area contributed by atoms with Gasteiger partial charge in [0.05, 0.1) is 6.61 Å². The Kier molecular flexibility index (Phi) is 2.75. The third kappa shape index (κ3) is 2.07. The zero-order valence-electron chi connectivity index (χ0n) is 11.1. The number of hydrogen-bond acceptors (Lipinski definition) is 6. The molecule has 3 rings (SSSR count). The summed E-state index contributed by atoms with van der Waals surface area (Å²) in [4.78, 5) is 0. The third-order valence-electron chi connectivity index (χ3n) is 3.46.